The third-order valence-corrected chi connectivity index (χ3v) is 3.39. The van der Waals surface area contributed by atoms with Crippen LogP contribution in [0.2, 0.25) is 0 Å². The first-order valence-electron chi connectivity index (χ1n) is 7.12. The second-order valence-corrected chi connectivity index (χ2v) is 5.18. The molecule has 0 saturated carbocycles. The van der Waals surface area contributed by atoms with Crippen molar-refractivity contribution >= 4 is 34.8 Å². The van der Waals surface area contributed by atoms with Gasteiger partial charge in [0.15, 0.2) is 5.11 Å². The molecule has 2 aromatic carbocycles. The van der Waals surface area contributed by atoms with E-state index in [2.05, 4.69) is 16.0 Å². The highest BCUT2D eigenvalue weighted by Gasteiger charge is 2.13. The van der Waals surface area contributed by atoms with Crippen molar-refractivity contribution in [3.63, 3.8) is 0 Å². The minimum absolute atomic E-state index is 0.125. The molecule has 0 radical (unpaired) electrons. The maximum atomic E-state index is 12.3. The molecular formula is C17H17N3O3S. The maximum absolute atomic E-state index is 12.3. The highest BCUT2D eigenvalue weighted by molar-refractivity contribution is 7.80. The van der Waals surface area contributed by atoms with Crippen LogP contribution >= 0.6 is 12.2 Å². The van der Waals surface area contributed by atoms with Gasteiger partial charge in [0.1, 0.15) is 5.75 Å². The van der Waals surface area contributed by atoms with E-state index in [9.17, 15) is 9.59 Å². The van der Waals surface area contributed by atoms with Crippen LogP contribution < -0.4 is 20.7 Å². The number of anilines is 1. The smallest absolute Gasteiger partial charge is 0.261 e. The molecule has 24 heavy (non-hydrogen) atoms. The maximum Gasteiger partial charge on any atom is 0.261 e. The van der Waals surface area contributed by atoms with E-state index in [1.54, 1.807) is 55.6 Å². The molecule has 2 rings (SSSR count). The second kappa shape index (κ2) is 8.07. The SMILES string of the molecule is CNC(=O)c1cccc(NC(=S)NC(=O)c2ccccc2OC)c1. The van der Waals surface area contributed by atoms with Crippen molar-refractivity contribution in [2.45, 2.75) is 0 Å². The highest BCUT2D eigenvalue weighted by Crippen LogP contribution is 2.17. The lowest BCUT2D eigenvalue weighted by Gasteiger charge is -2.12. The molecule has 124 valence electrons. The predicted octanol–water partition coefficient (Wildman–Crippen LogP) is 2.18. The molecule has 0 heterocycles. The van der Waals surface area contributed by atoms with Gasteiger partial charge in [0.25, 0.3) is 11.8 Å². The zero-order valence-electron chi connectivity index (χ0n) is 13.3. The Labute approximate surface area is 145 Å². The second-order valence-electron chi connectivity index (χ2n) is 4.77. The van der Waals surface area contributed by atoms with Gasteiger partial charge in [-0.3, -0.25) is 14.9 Å². The third-order valence-electron chi connectivity index (χ3n) is 3.19. The van der Waals surface area contributed by atoms with Crippen molar-refractivity contribution in [1.82, 2.24) is 10.6 Å². The summed E-state index contributed by atoms with van der Waals surface area (Å²) in [6, 6.07) is 13.6. The number of carbonyl (C=O) groups is 2. The number of amides is 2. The van der Waals surface area contributed by atoms with Crippen LogP contribution in [0.5, 0.6) is 5.75 Å². The van der Waals surface area contributed by atoms with Crippen LogP contribution in [-0.2, 0) is 0 Å². The Balaban J connectivity index is 2.05. The summed E-state index contributed by atoms with van der Waals surface area (Å²) >= 11 is 5.14. The summed E-state index contributed by atoms with van der Waals surface area (Å²) in [6.07, 6.45) is 0. The number of carbonyl (C=O) groups excluding carboxylic acids is 2. The van der Waals surface area contributed by atoms with Crippen molar-refractivity contribution in [3.8, 4) is 5.75 Å². The summed E-state index contributed by atoms with van der Waals surface area (Å²) in [5, 5.41) is 8.13. The Kier molecular flexibility index (Phi) is 5.86. The highest BCUT2D eigenvalue weighted by atomic mass is 32.1. The average molecular weight is 343 g/mol. The first-order chi connectivity index (χ1) is 11.5. The molecule has 0 aliphatic heterocycles. The Morgan fingerprint density at radius 3 is 2.50 bits per heavy atom. The van der Waals surface area contributed by atoms with E-state index in [-0.39, 0.29) is 16.9 Å². The van der Waals surface area contributed by atoms with E-state index in [1.807, 2.05) is 0 Å². The van der Waals surface area contributed by atoms with Crippen LogP contribution in [0, 0.1) is 0 Å². The molecule has 2 amide bonds. The summed E-state index contributed by atoms with van der Waals surface area (Å²) in [4.78, 5) is 23.9. The van der Waals surface area contributed by atoms with Crippen LogP contribution in [0.25, 0.3) is 0 Å². The molecule has 0 saturated heterocycles. The van der Waals surface area contributed by atoms with Crippen molar-refractivity contribution in [2.24, 2.45) is 0 Å². The van der Waals surface area contributed by atoms with Crippen LogP contribution in [0.15, 0.2) is 48.5 Å². The standard InChI is InChI=1S/C17H17N3O3S/c1-18-15(21)11-6-5-7-12(10-11)19-17(24)20-16(22)13-8-3-4-9-14(13)23-2/h3-10H,1-2H3,(H,18,21)(H2,19,20,22,24). The van der Waals surface area contributed by atoms with Crippen molar-refractivity contribution in [2.75, 3.05) is 19.5 Å². The lowest BCUT2D eigenvalue weighted by atomic mass is 10.2. The molecule has 0 spiro atoms. The molecule has 0 unspecified atom stereocenters. The van der Waals surface area contributed by atoms with Crippen molar-refractivity contribution in [1.29, 1.82) is 0 Å². The van der Waals surface area contributed by atoms with Crippen LogP contribution in [0.4, 0.5) is 5.69 Å². The Morgan fingerprint density at radius 2 is 1.79 bits per heavy atom. The molecule has 0 aromatic heterocycles. The number of thiocarbonyl (C=S) groups is 1. The monoisotopic (exact) mass is 343 g/mol. The predicted molar refractivity (Wildman–Crippen MR) is 96.5 cm³/mol. The van der Waals surface area contributed by atoms with Gasteiger partial charge in [0, 0.05) is 18.3 Å². The number of para-hydroxylation sites is 1. The third kappa shape index (κ3) is 4.30. The summed E-state index contributed by atoms with van der Waals surface area (Å²) < 4.78 is 5.15. The molecular weight excluding hydrogens is 326 g/mol. The van der Waals surface area contributed by atoms with Gasteiger partial charge in [-0.15, -0.1) is 0 Å². The molecule has 0 bridgehead atoms. The first kappa shape index (κ1) is 17.4. The summed E-state index contributed by atoms with van der Waals surface area (Å²) in [7, 11) is 3.05. The van der Waals surface area contributed by atoms with Gasteiger partial charge in [-0.1, -0.05) is 18.2 Å². The average Bonchev–Trinajstić information content (AvgIpc) is 2.60. The minimum Gasteiger partial charge on any atom is -0.496 e. The van der Waals surface area contributed by atoms with E-state index in [1.165, 1.54) is 7.11 Å². The largest absolute Gasteiger partial charge is 0.496 e. The molecule has 2 aromatic rings. The number of methoxy groups -OCH3 is 1. The first-order valence-corrected chi connectivity index (χ1v) is 7.53. The summed E-state index contributed by atoms with van der Waals surface area (Å²) in [5.41, 5.74) is 1.46. The number of benzene rings is 2. The molecule has 0 atom stereocenters. The van der Waals surface area contributed by atoms with Crippen LogP contribution in [0.3, 0.4) is 0 Å². The van der Waals surface area contributed by atoms with Gasteiger partial charge in [-0.05, 0) is 42.5 Å². The van der Waals surface area contributed by atoms with Crippen LogP contribution in [-0.4, -0.2) is 31.1 Å². The fourth-order valence-corrected chi connectivity index (χ4v) is 2.26. The molecule has 0 fully saturated rings. The topological polar surface area (TPSA) is 79.5 Å². The van der Waals surface area contributed by atoms with E-state index in [4.69, 9.17) is 17.0 Å². The summed E-state index contributed by atoms with van der Waals surface area (Å²) in [5.74, 6) is -0.130. The van der Waals surface area contributed by atoms with E-state index in [0.29, 0.717) is 22.6 Å². The Morgan fingerprint density at radius 1 is 1.04 bits per heavy atom. The molecule has 0 aliphatic carbocycles. The Bertz CT molecular complexity index is 777. The van der Waals surface area contributed by atoms with Crippen molar-refractivity contribution in [3.05, 3.63) is 59.7 Å². The van der Waals surface area contributed by atoms with Crippen molar-refractivity contribution < 1.29 is 14.3 Å². The van der Waals surface area contributed by atoms with Gasteiger partial charge in [0.05, 0.1) is 12.7 Å². The van der Waals surface area contributed by atoms with Crippen LogP contribution in [0.1, 0.15) is 20.7 Å². The number of ether oxygens (including phenoxy) is 1. The van der Waals surface area contributed by atoms with Gasteiger partial charge in [-0.25, -0.2) is 0 Å². The van der Waals surface area contributed by atoms with Gasteiger partial charge in [0.2, 0.25) is 0 Å². The lowest BCUT2D eigenvalue weighted by molar-refractivity contribution is 0.0958. The number of rotatable bonds is 4. The van der Waals surface area contributed by atoms with Gasteiger partial charge in [-0.2, -0.15) is 0 Å². The lowest BCUT2D eigenvalue weighted by Crippen LogP contribution is -2.34. The number of hydrogen-bond donors (Lipinski definition) is 3. The van der Waals surface area contributed by atoms with Gasteiger partial charge >= 0.3 is 0 Å². The molecule has 3 N–H and O–H groups in total. The van der Waals surface area contributed by atoms with Gasteiger partial charge < -0.3 is 15.4 Å². The van der Waals surface area contributed by atoms with E-state index >= 15 is 0 Å². The molecule has 6 nitrogen and oxygen atoms in total. The molecule has 7 heteroatoms. The number of nitrogens with one attached hydrogen (secondary N) is 3. The van der Waals surface area contributed by atoms with E-state index in [0.717, 1.165) is 0 Å². The molecule has 0 aliphatic rings. The fourth-order valence-electron chi connectivity index (χ4n) is 2.05. The minimum atomic E-state index is -0.382. The normalized spacial score (nSPS) is 9.75. The zero-order valence-corrected chi connectivity index (χ0v) is 14.1. The zero-order chi connectivity index (χ0) is 17.5. The van der Waals surface area contributed by atoms with E-state index < -0.39 is 0 Å². The fraction of sp³-hybridized carbons (Fsp3) is 0.118. The Hall–Kier alpha value is -2.93. The quantitative estimate of drug-likeness (QED) is 0.742. The summed E-state index contributed by atoms with van der Waals surface area (Å²) in [6.45, 7) is 0. The number of hydrogen-bond acceptors (Lipinski definition) is 4.